The molecule has 0 radical (unpaired) electrons. The van der Waals surface area contributed by atoms with Crippen molar-refractivity contribution < 1.29 is 22.7 Å². The molecule has 1 aromatic carbocycles. The van der Waals surface area contributed by atoms with Gasteiger partial charge in [0.1, 0.15) is 0 Å². The van der Waals surface area contributed by atoms with Crippen molar-refractivity contribution in [3.63, 3.8) is 0 Å². The van der Waals surface area contributed by atoms with E-state index in [0.717, 1.165) is 0 Å². The van der Waals surface area contributed by atoms with Crippen LogP contribution in [0.5, 0.6) is 0 Å². The average molecular weight is 341 g/mol. The summed E-state index contributed by atoms with van der Waals surface area (Å²) in [6.07, 6.45) is 0. The van der Waals surface area contributed by atoms with Crippen LogP contribution in [0.15, 0.2) is 24.3 Å². The van der Waals surface area contributed by atoms with Crippen LogP contribution in [0, 0.1) is 0 Å². The molecule has 0 saturated carbocycles. The molecular weight excluding hydrogens is 318 g/mol. The van der Waals surface area contributed by atoms with Gasteiger partial charge < -0.3 is 9.64 Å². The third kappa shape index (κ3) is 5.06. The van der Waals surface area contributed by atoms with E-state index in [4.69, 9.17) is 0 Å². The first-order chi connectivity index (χ1) is 10.8. The van der Waals surface area contributed by atoms with Crippen LogP contribution >= 0.6 is 0 Å². The SMILES string of the molecule is CCN(C(=O)c1cccc(C(=O)OC)c1)[C@H](C)CS(=O)(=O)CC. The van der Waals surface area contributed by atoms with Crippen LogP contribution < -0.4 is 0 Å². The van der Waals surface area contributed by atoms with Crippen LogP contribution in [0.3, 0.4) is 0 Å². The minimum absolute atomic E-state index is 0.0426. The van der Waals surface area contributed by atoms with Gasteiger partial charge in [0.25, 0.3) is 5.91 Å². The lowest BCUT2D eigenvalue weighted by Crippen LogP contribution is -2.42. The number of rotatable bonds is 7. The monoisotopic (exact) mass is 341 g/mol. The highest BCUT2D eigenvalue weighted by Gasteiger charge is 2.24. The van der Waals surface area contributed by atoms with Crippen molar-refractivity contribution in [1.82, 2.24) is 4.90 Å². The molecule has 1 rings (SSSR count). The smallest absolute Gasteiger partial charge is 0.337 e. The summed E-state index contributed by atoms with van der Waals surface area (Å²) >= 11 is 0. The Kier molecular flexibility index (Phi) is 6.75. The molecule has 0 unspecified atom stereocenters. The van der Waals surface area contributed by atoms with Gasteiger partial charge in [-0.15, -0.1) is 0 Å². The number of sulfone groups is 1. The van der Waals surface area contributed by atoms with E-state index in [9.17, 15) is 18.0 Å². The van der Waals surface area contributed by atoms with E-state index in [2.05, 4.69) is 4.74 Å². The van der Waals surface area contributed by atoms with Gasteiger partial charge in [-0.2, -0.15) is 0 Å². The number of hydrogen-bond donors (Lipinski definition) is 0. The summed E-state index contributed by atoms with van der Waals surface area (Å²) in [5, 5.41) is 0. The Morgan fingerprint density at radius 3 is 2.35 bits per heavy atom. The predicted molar refractivity (Wildman–Crippen MR) is 88.3 cm³/mol. The second kappa shape index (κ2) is 8.10. The summed E-state index contributed by atoms with van der Waals surface area (Å²) in [4.78, 5) is 25.7. The fourth-order valence-corrected chi connectivity index (χ4v) is 3.44. The van der Waals surface area contributed by atoms with Crippen LogP contribution in [0.4, 0.5) is 0 Å². The molecule has 0 spiro atoms. The molecule has 0 heterocycles. The lowest BCUT2D eigenvalue weighted by Gasteiger charge is -2.28. The fraction of sp³-hybridized carbons (Fsp3) is 0.500. The molecule has 0 aromatic heterocycles. The Balaban J connectivity index is 3.03. The number of carbonyl (C=O) groups excluding carboxylic acids is 2. The van der Waals surface area contributed by atoms with E-state index in [1.165, 1.54) is 18.1 Å². The second-order valence-corrected chi connectivity index (χ2v) is 7.61. The Morgan fingerprint density at radius 1 is 1.22 bits per heavy atom. The number of carbonyl (C=O) groups is 2. The molecule has 128 valence electrons. The zero-order valence-electron chi connectivity index (χ0n) is 13.9. The Hall–Kier alpha value is -1.89. The maximum atomic E-state index is 12.6. The first-order valence-electron chi connectivity index (χ1n) is 7.45. The highest BCUT2D eigenvalue weighted by atomic mass is 32.2. The third-order valence-electron chi connectivity index (χ3n) is 3.60. The van der Waals surface area contributed by atoms with Gasteiger partial charge in [-0.25, -0.2) is 13.2 Å². The van der Waals surface area contributed by atoms with Crippen molar-refractivity contribution in [1.29, 1.82) is 0 Å². The van der Waals surface area contributed by atoms with E-state index in [0.29, 0.717) is 12.1 Å². The van der Waals surface area contributed by atoms with Crippen molar-refractivity contribution in [2.24, 2.45) is 0 Å². The van der Waals surface area contributed by atoms with Gasteiger partial charge in [0, 0.05) is 23.9 Å². The number of nitrogens with zero attached hydrogens (tertiary/aromatic N) is 1. The summed E-state index contributed by atoms with van der Waals surface area (Å²) in [7, 11) is -1.91. The first-order valence-corrected chi connectivity index (χ1v) is 9.27. The molecule has 0 aliphatic carbocycles. The van der Waals surface area contributed by atoms with E-state index >= 15 is 0 Å². The quantitative estimate of drug-likeness (QED) is 0.706. The van der Waals surface area contributed by atoms with Crippen molar-refractivity contribution >= 4 is 21.7 Å². The van der Waals surface area contributed by atoms with E-state index < -0.39 is 21.8 Å². The third-order valence-corrected chi connectivity index (χ3v) is 5.47. The number of ether oxygens (including phenoxy) is 1. The van der Waals surface area contributed by atoms with Gasteiger partial charge in [-0.1, -0.05) is 13.0 Å². The highest BCUT2D eigenvalue weighted by Crippen LogP contribution is 2.13. The van der Waals surface area contributed by atoms with Crippen molar-refractivity contribution in [3.8, 4) is 0 Å². The number of amides is 1. The van der Waals surface area contributed by atoms with Gasteiger partial charge in [-0.3, -0.25) is 4.79 Å². The molecule has 0 aliphatic rings. The maximum absolute atomic E-state index is 12.6. The predicted octanol–water partition coefficient (Wildman–Crippen LogP) is 1.76. The zero-order valence-corrected chi connectivity index (χ0v) is 14.7. The molecule has 0 saturated heterocycles. The molecule has 0 fully saturated rings. The largest absolute Gasteiger partial charge is 0.465 e. The zero-order chi connectivity index (χ0) is 17.6. The molecule has 0 N–H and O–H groups in total. The van der Waals surface area contributed by atoms with Crippen LogP contribution in [-0.4, -0.2) is 56.4 Å². The summed E-state index contributed by atoms with van der Waals surface area (Å²) < 4.78 is 28.2. The molecule has 1 atom stereocenters. The van der Waals surface area contributed by atoms with Gasteiger partial charge in [0.05, 0.1) is 18.4 Å². The number of esters is 1. The van der Waals surface area contributed by atoms with Crippen molar-refractivity contribution in [2.45, 2.75) is 26.8 Å². The molecule has 1 aromatic rings. The topological polar surface area (TPSA) is 80.8 Å². The van der Waals surface area contributed by atoms with Crippen molar-refractivity contribution in [3.05, 3.63) is 35.4 Å². The van der Waals surface area contributed by atoms with Crippen LogP contribution in [0.1, 0.15) is 41.5 Å². The normalized spacial score (nSPS) is 12.5. The fourth-order valence-electron chi connectivity index (χ4n) is 2.29. The summed E-state index contributed by atoms with van der Waals surface area (Å²) in [6, 6.07) is 5.76. The minimum atomic E-state index is -3.18. The van der Waals surface area contributed by atoms with E-state index in [1.54, 1.807) is 39.0 Å². The van der Waals surface area contributed by atoms with Gasteiger partial charge in [0.15, 0.2) is 9.84 Å². The van der Waals surface area contributed by atoms with Crippen LogP contribution in [0.2, 0.25) is 0 Å². The van der Waals surface area contributed by atoms with Gasteiger partial charge in [-0.05, 0) is 32.0 Å². The lowest BCUT2D eigenvalue weighted by molar-refractivity contribution is 0.0600. The first kappa shape index (κ1) is 19.2. The molecule has 0 aliphatic heterocycles. The average Bonchev–Trinajstić information content (AvgIpc) is 2.54. The molecule has 23 heavy (non-hydrogen) atoms. The van der Waals surface area contributed by atoms with E-state index in [-0.39, 0.29) is 23.0 Å². The Bertz CT molecular complexity index is 669. The van der Waals surface area contributed by atoms with Crippen molar-refractivity contribution in [2.75, 3.05) is 25.2 Å². The number of methoxy groups -OCH3 is 1. The molecule has 6 nitrogen and oxygen atoms in total. The number of benzene rings is 1. The van der Waals surface area contributed by atoms with Gasteiger partial charge >= 0.3 is 5.97 Å². The molecular formula is C16H23NO5S. The summed E-state index contributed by atoms with van der Waals surface area (Å²) in [5.74, 6) is -0.873. The summed E-state index contributed by atoms with van der Waals surface area (Å²) in [5.41, 5.74) is 0.610. The second-order valence-electron chi connectivity index (χ2n) is 5.21. The number of hydrogen-bond acceptors (Lipinski definition) is 5. The Labute approximate surface area is 137 Å². The Morgan fingerprint density at radius 2 is 1.83 bits per heavy atom. The molecule has 0 bridgehead atoms. The maximum Gasteiger partial charge on any atom is 0.337 e. The van der Waals surface area contributed by atoms with E-state index in [1.807, 2.05) is 0 Å². The van der Waals surface area contributed by atoms with Gasteiger partial charge in [0.2, 0.25) is 0 Å². The molecule has 7 heteroatoms. The summed E-state index contributed by atoms with van der Waals surface area (Å²) in [6.45, 7) is 5.46. The standard InChI is InChI=1S/C16H23NO5S/c1-5-17(12(3)11-23(20,21)6-2)15(18)13-8-7-9-14(10-13)16(19)22-4/h7-10,12H,5-6,11H2,1-4H3/t12-/m1/s1. The van der Waals surface area contributed by atoms with Crippen LogP contribution in [0.25, 0.3) is 0 Å². The highest BCUT2D eigenvalue weighted by molar-refractivity contribution is 7.91. The van der Waals surface area contributed by atoms with Crippen LogP contribution in [-0.2, 0) is 14.6 Å². The molecule has 1 amide bonds. The minimum Gasteiger partial charge on any atom is -0.465 e. The lowest BCUT2D eigenvalue weighted by atomic mass is 10.1.